The first-order valence-corrected chi connectivity index (χ1v) is 12.2. The molecule has 0 atom stereocenters. The van der Waals surface area contributed by atoms with Crippen LogP contribution in [0.1, 0.15) is 11.1 Å². The molecule has 0 N–H and O–H groups in total. The first-order chi connectivity index (χ1) is 17.0. The van der Waals surface area contributed by atoms with Crippen LogP contribution >= 0.6 is 23.4 Å². The van der Waals surface area contributed by atoms with Gasteiger partial charge in [-0.25, -0.2) is 0 Å². The van der Waals surface area contributed by atoms with Gasteiger partial charge in [0.2, 0.25) is 0 Å². The topological polar surface area (TPSA) is 65.1 Å². The quantitative estimate of drug-likeness (QED) is 0.239. The lowest BCUT2D eigenvalue weighted by molar-refractivity contribution is -0.123. The second-order valence-corrected chi connectivity index (χ2v) is 9.09. The zero-order valence-corrected chi connectivity index (χ0v) is 20.7. The minimum Gasteiger partial charge on any atom is -0.490 e. The van der Waals surface area contributed by atoms with Crippen LogP contribution in [0.5, 0.6) is 17.2 Å². The molecule has 3 aromatic carbocycles. The Balaban J connectivity index is 1.25. The number of amides is 2. The van der Waals surface area contributed by atoms with Crippen LogP contribution in [0.3, 0.4) is 0 Å². The molecule has 1 saturated heterocycles. The number of thioether (sulfide) groups is 1. The lowest BCUT2D eigenvalue weighted by Gasteiger charge is -2.13. The van der Waals surface area contributed by atoms with Gasteiger partial charge in [-0.2, -0.15) is 0 Å². The standard InChI is InChI=1S/C27H24ClNO5S/c1-19-6-10-21(11-7-19)32-16-17-33-22-12-8-20(9-13-22)18-25-26(30)29(27(31)35-25)14-15-34-24-5-3-2-4-23(24)28/h2-13,18H,14-17H2,1H3/b25-18-. The second kappa shape index (κ2) is 11.8. The number of carbonyl (C=O) groups is 2. The van der Waals surface area contributed by atoms with Crippen molar-refractivity contribution in [1.82, 2.24) is 4.90 Å². The number of halogens is 1. The van der Waals surface area contributed by atoms with Crippen molar-refractivity contribution in [2.75, 3.05) is 26.4 Å². The highest BCUT2D eigenvalue weighted by molar-refractivity contribution is 8.18. The normalized spacial score (nSPS) is 14.5. The summed E-state index contributed by atoms with van der Waals surface area (Å²) >= 11 is 6.98. The smallest absolute Gasteiger partial charge is 0.293 e. The molecule has 0 unspecified atom stereocenters. The molecule has 35 heavy (non-hydrogen) atoms. The third kappa shape index (κ3) is 6.81. The van der Waals surface area contributed by atoms with E-state index < -0.39 is 0 Å². The zero-order chi connectivity index (χ0) is 24.6. The van der Waals surface area contributed by atoms with E-state index in [2.05, 4.69) is 0 Å². The second-order valence-electron chi connectivity index (χ2n) is 7.69. The van der Waals surface area contributed by atoms with E-state index in [1.165, 1.54) is 10.5 Å². The van der Waals surface area contributed by atoms with Crippen molar-refractivity contribution in [2.24, 2.45) is 0 Å². The number of imide groups is 1. The van der Waals surface area contributed by atoms with Crippen LogP contribution in [0.15, 0.2) is 77.7 Å². The van der Waals surface area contributed by atoms with E-state index in [9.17, 15) is 9.59 Å². The van der Waals surface area contributed by atoms with Crippen molar-refractivity contribution in [1.29, 1.82) is 0 Å². The van der Waals surface area contributed by atoms with Crippen LogP contribution in [-0.4, -0.2) is 42.4 Å². The van der Waals surface area contributed by atoms with E-state index >= 15 is 0 Å². The van der Waals surface area contributed by atoms with Gasteiger partial charge in [-0.15, -0.1) is 0 Å². The van der Waals surface area contributed by atoms with Gasteiger partial charge in [0.05, 0.1) is 16.5 Å². The molecule has 3 aromatic rings. The summed E-state index contributed by atoms with van der Waals surface area (Å²) < 4.78 is 17.0. The Kier molecular flexibility index (Phi) is 8.34. The Hall–Kier alpha value is -3.42. The molecule has 0 radical (unpaired) electrons. The number of carbonyl (C=O) groups excluding carboxylic acids is 2. The van der Waals surface area contributed by atoms with Gasteiger partial charge in [0.1, 0.15) is 37.1 Å². The largest absolute Gasteiger partial charge is 0.490 e. The van der Waals surface area contributed by atoms with E-state index in [0.29, 0.717) is 34.6 Å². The minimum absolute atomic E-state index is 0.144. The summed E-state index contributed by atoms with van der Waals surface area (Å²) in [4.78, 5) is 26.6. The number of rotatable bonds is 10. The zero-order valence-electron chi connectivity index (χ0n) is 19.1. The van der Waals surface area contributed by atoms with Gasteiger partial charge in [-0.05, 0) is 66.7 Å². The maximum absolute atomic E-state index is 12.7. The Morgan fingerprint density at radius 2 is 1.46 bits per heavy atom. The fourth-order valence-corrected chi connectivity index (χ4v) is 4.32. The predicted octanol–water partition coefficient (Wildman–Crippen LogP) is 6.22. The lowest BCUT2D eigenvalue weighted by Crippen LogP contribution is -2.32. The van der Waals surface area contributed by atoms with Crippen molar-refractivity contribution in [3.8, 4) is 17.2 Å². The van der Waals surface area contributed by atoms with Gasteiger partial charge in [0, 0.05) is 0 Å². The van der Waals surface area contributed by atoms with Gasteiger partial charge in [-0.3, -0.25) is 14.5 Å². The molecule has 180 valence electrons. The Morgan fingerprint density at radius 3 is 2.11 bits per heavy atom. The Morgan fingerprint density at radius 1 is 0.829 bits per heavy atom. The SMILES string of the molecule is Cc1ccc(OCCOc2ccc(/C=C3\SC(=O)N(CCOc4ccccc4Cl)C3=O)cc2)cc1. The number of ether oxygens (including phenoxy) is 3. The number of nitrogens with zero attached hydrogens (tertiary/aromatic N) is 1. The van der Waals surface area contributed by atoms with Crippen LogP contribution in [0, 0.1) is 6.92 Å². The monoisotopic (exact) mass is 509 g/mol. The number of para-hydroxylation sites is 1. The molecule has 4 rings (SSSR count). The summed E-state index contributed by atoms with van der Waals surface area (Å²) in [6.07, 6.45) is 1.70. The van der Waals surface area contributed by atoms with Crippen LogP contribution < -0.4 is 14.2 Å². The minimum atomic E-state index is -0.337. The van der Waals surface area contributed by atoms with Gasteiger partial charge in [0.25, 0.3) is 11.1 Å². The third-order valence-electron chi connectivity index (χ3n) is 5.10. The van der Waals surface area contributed by atoms with Crippen LogP contribution in [0.2, 0.25) is 5.02 Å². The van der Waals surface area contributed by atoms with E-state index in [-0.39, 0.29) is 24.3 Å². The molecule has 1 aliphatic rings. The van der Waals surface area contributed by atoms with Gasteiger partial charge >= 0.3 is 0 Å². The highest BCUT2D eigenvalue weighted by atomic mass is 35.5. The van der Waals surface area contributed by atoms with Crippen molar-refractivity contribution in [3.63, 3.8) is 0 Å². The summed E-state index contributed by atoms with van der Waals surface area (Å²) in [7, 11) is 0. The van der Waals surface area contributed by atoms with Crippen molar-refractivity contribution in [2.45, 2.75) is 6.92 Å². The highest BCUT2D eigenvalue weighted by Crippen LogP contribution is 2.32. The molecule has 0 aromatic heterocycles. The van der Waals surface area contributed by atoms with Crippen molar-refractivity contribution in [3.05, 3.63) is 93.9 Å². The van der Waals surface area contributed by atoms with Crippen molar-refractivity contribution >= 4 is 40.6 Å². The highest BCUT2D eigenvalue weighted by Gasteiger charge is 2.34. The van der Waals surface area contributed by atoms with E-state index in [1.807, 2.05) is 55.5 Å². The first kappa shape index (κ1) is 24.7. The molecule has 1 fully saturated rings. The summed E-state index contributed by atoms with van der Waals surface area (Å²) in [6, 6.07) is 22.2. The number of hydrogen-bond acceptors (Lipinski definition) is 6. The first-order valence-electron chi connectivity index (χ1n) is 11.0. The Bertz CT molecular complexity index is 1210. The fourth-order valence-electron chi connectivity index (χ4n) is 3.27. The molecule has 1 aliphatic heterocycles. The average molecular weight is 510 g/mol. The van der Waals surface area contributed by atoms with Gasteiger partial charge in [-0.1, -0.05) is 53.6 Å². The average Bonchev–Trinajstić information content (AvgIpc) is 3.12. The molecular formula is C27H24ClNO5S. The molecule has 0 bridgehead atoms. The lowest BCUT2D eigenvalue weighted by atomic mass is 10.2. The molecule has 2 amide bonds. The molecule has 6 nitrogen and oxygen atoms in total. The van der Waals surface area contributed by atoms with Gasteiger partial charge < -0.3 is 14.2 Å². The maximum atomic E-state index is 12.7. The van der Waals surface area contributed by atoms with Gasteiger partial charge in [0.15, 0.2) is 0 Å². The number of aryl methyl sites for hydroxylation is 1. The summed E-state index contributed by atoms with van der Waals surface area (Å²) in [5.41, 5.74) is 1.98. The molecule has 0 saturated carbocycles. The summed E-state index contributed by atoms with van der Waals surface area (Å²) in [5, 5.41) is 0.158. The molecule has 0 spiro atoms. The molecule has 8 heteroatoms. The van der Waals surface area contributed by atoms with E-state index in [4.69, 9.17) is 25.8 Å². The van der Waals surface area contributed by atoms with Crippen molar-refractivity contribution < 1.29 is 23.8 Å². The molecular weight excluding hydrogens is 486 g/mol. The van der Waals surface area contributed by atoms with E-state index in [1.54, 1.807) is 30.3 Å². The predicted molar refractivity (Wildman–Crippen MR) is 138 cm³/mol. The van der Waals surface area contributed by atoms with Crippen LogP contribution in [0.25, 0.3) is 6.08 Å². The fraction of sp³-hybridized carbons (Fsp3) is 0.185. The maximum Gasteiger partial charge on any atom is 0.293 e. The number of hydrogen-bond donors (Lipinski definition) is 0. The number of benzene rings is 3. The Labute approximate surface area is 213 Å². The molecule has 1 heterocycles. The molecule has 0 aliphatic carbocycles. The van der Waals surface area contributed by atoms with E-state index in [0.717, 1.165) is 23.1 Å². The van der Waals surface area contributed by atoms with Crippen LogP contribution in [-0.2, 0) is 4.79 Å². The summed E-state index contributed by atoms with van der Waals surface area (Å²) in [6.45, 7) is 3.17. The summed E-state index contributed by atoms with van der Waals surface area (Å²) in [5.74, 6) is 1.68. The third-order valence-corrected chi connectivity index (χ3v) is 6.32. The van der Waals surface area contributed by atoms with Crippen LogP contribution in [0.4, 0.5) is 4.79 Å².